The maximum Gasteiger partial charge on any atom is 0.253 e. The van der Waals surface area contributed by atoms with E-state index in [0.29, 0.717) is 11.5 Å². The highest BCUT2D eigenvalue weighted by Crippen LogP contribution is 2.51. The summed E-state index contributed by atoms with van der Waals surface area (Å²) in [6, 6.07) is 4.20. The van der Waals surface area contributed by atoms with Gasteiger partial charge in [0.1, 0.15) is 16.3 Å². The first-order chi connectivity index (χ1) is 18.3. The molecule has 13 heteroatoms. The summed E-state index contributed by atoms with van der Waals surface area (Å²) in [6.45, 7) is 7.00. The Kier molecular flexibility index (Phi) is 7.73. The molecule has 3 atom stereocenters. The van der Waals surface area contributed by atoms with Gasteiger partial charge in [0.25, 0.3) is 5.89 Å². The molecule has 3 heterocycles. The lowest BCUT2D eigenvalue weighted by Gasteiger charge is -2.47. The maximum absolute atomic E-state index is 15.2. The SMILES string of the molecule is Cc1nnc(COc2cnc(/C(F)=C/c3ccc(F)c([C@@]4(C)N=C(N)S[C@](C)(C(=O)N(C)C)[C@H]4C)c3)cn2)o1. The average Bonchev–Trinajstić information content (AvgIpc) is 3.31. The highest BCUT2D eigenvalue weighted by atomic mass is 32.2. The standard InChI is InChI=1S/C26H29F2N7O3S/c1-14-25(3,32-24(29)39-26(14,4)23(36)35(5)6)17-9-16(7-8-18(17)27)10-19(28)20-11-31-21(12-30-20)37-13-22-34-33-15(2)38-22/h7-12,14H,13H2,1-6H3,(H2,29,32)/b19-10-/t14-,25-,26-/m0/s1. The van der Waals surface area contributed by atoms with Crippen LogP contribution < -0.4 is 10.5 Å². The molecule has 0 spiro atoms. The van der Waals surface area contributed by atoms with E-state index in [2.05, 4.69) is 25.2 Å². The van der Waals surface area contributed by atoms with Crippen LogP contribution in [0.1, 0.15) is 49.4 Å². The van der Waals surface area contributed by atoms with Crippen LogP contribution >= 0.6 is 11.8 Å². The number of hydrogen-bond acceptors (Lipinski definition) is 10. The van der Waals surface area contributed by atoms with Gasteiger partial charge in [0.15, 0.2) is 17.6 Å². The molecule has 39 heavy (non-hydrogen) atoms. The van der Waals surface area contributed by atoms with Gasteiger partial charge in [0, 0.05) is 32.5 Å². The number of nitrogens with zero attached hydrogens (tertiary/aromatic N) is 6. The van der Waals surface area contributed by atoms with Crippen LogP contribution in [0, 0.1) is 18.7 Å². The van der Waals surface area contributed by atoms with Crippen molar-refractivity contribution in [2.75, 3.05) is 14.1 Å². The van der Waals surface area contributed by atoms with Crippen LogP contribution in [0.15, 0.2) is 40.0 Å². The van der Waals surface area contributed by atoms with Gasteiger partial charge >= 0.3 is 0 Å². The summed E-state index contributed by atoms with van der Waals surface area (Å²) in [5.41, 5.74) is 5.49. The van der Waals surface area contributed by atoms with E-state index < -0.39 is 27.8 Å². The van der Waals surface area contributed by atoms with Crippen molar-refractivity contribution in [1.82, 2.24) is 25.1 Å². The van der Waals surface area contributed by atoms with Gasteiger partial charge in [0.05, 0.1) is 17.9 Å². The van der Waals surface area contributed by atoms with Crippen molar-refractivity contribution in [3.63, 3.8) is 0 Å². The number of thioether (sulfide) groups is 1. The molecule has 0 saturated carbocycles. The van der Waals surface area contributed by atoms with Crippen molar-refractivity contribution >= 4 is 34.7 Å². The first-order valence-electron chi connectivity index (χ1n) is 12.0. The number of carbonyl (C=O) groups excluding carboxylic acids is 1. The Hall–Kier alpha value is -3.87. The normalized spacial score (nSPS) is 23.3. The number of amidine groups is 1. The molecule has 10 nitrogen and oxygen atoms in total. The smallest absolute Gasteiger partial charge is 0.253 e. The van der Waals surface area contributed by atoms with E-state index in [0.717, 1.165) is 11.8 Å². The van der Waals surface area contributed by atoms with Gasteiger partial charge < -0.3 is 19.8 Å². The summed E-state index contributed by atoms with van der Waals surface area (Å²) in [6.07, 6.45) is 3.71. The molecule has 0 unspecified atom stereocenters. The topological polar surface area (TPSA) is 133 Å². The fourth-order valence-electron chi connectivity index (χ4n) is 4.44. The second-order valence-electron chi connectivity index (χ2n) is 9.70. The highest BCUT2D eigenvalue weighted by Gasteiger charge is 2.54. The number of aromatic nitrogens is 4. The van der Waals surface area contributed by atoms with Gasteiger partial charge in [-0.3, -0.25) is 9.79 Å². The summed E-state index contributed by atoms with van der Waals surface area (Å²) < 4.78 is 40.0. The van der Waals surface area contributed by atoms with Crippen LogP contribution in [0.2, 0.25) is 0 Å². The summed E-state index contributed by atoms with van der Waals surface area (Å²) in [5.74, 6) is -1.02. The summed E-state index contributed by atoms with van der Waals surface area (Å²) in [4.78, 5) is 27.3. The monoisotopic (exact) mass is 557 g/mol. The third kappa shape index (κ3) is 5.63. The van der Waals surface area contributed by atoms with Gasteiger partial charge in [-0.15, -0.1) is 10.2 Å². The zero-order valence-corrected chi connectivity index (χ0v) is 23.2. The molecule has 1 aliphatic heterocycles. The number of benzene rings is 1. The van der Waals surface area contributed by atoms with E-state index in [1.54, 1.807) is 34.9 Å². The number of rotatable bonds is 7. The van der Waals surface area contributed by atoms with E-state index in [4.69, 9.17) is 14.9 Å². The molecule has 1 aromatic carbocycles. The molecule has 0 saturated heterocycles. The second-order valence-corrected chi connectivity index (χ2v) is 11.2. The number of hydrogen-bond donors (Lipinski definition) is 1. The summed E-state index contributed by atoms with van der Waals surface area (Å²) in [5, 5.41) is 7.70. The number of aryl methyl sites for hydroxylation is 1. The number of nitrogens with two attached hydrogens (primary N) is 1. The van der Waals surface area contributed by atoms with Gasteiger partial charge in [0.2, 0.25) is 17.7 Å². The molecule has 206 valence electrons. The quantitative estimate of drug-likeness (QED) is 0.456. The van der Waals surface area contributed by atoms with Crippen molar-refractivity contribution in [3.05, 3.63) is 65.0 Å². The summed E-state index contributed by atoms with van der Waals surface area (Å²) >= 11 is 1.16. The predicted octanol–water partition coefficient (Wildman–Crippen LogP) is 4.11. The number of amides is 1. The van der Waals surface area contributed by atoms with E-state index in [9.17, 15) is 4.79 Å². The van der Waals surface area contributed by atoms with E-state index in [1.807, 2.05) is 6.92 Å². The Bertz CT molecular complexity index is 1440. The first kappa shape index (κ1) is 28.1. The number of halogens is 2. The Labute approximate surface area is 228 Å². The zero-order chi connectivity index (χ0) is 28.5. The summed E-state index contributed by atoms with van der Waals surface area (Å²) in [7, 11) is 3.32. The van der Waals surface area contributed by atoms with Gasteiger partial charge in [-0.2, -0.15) is 0 Å². The fraction of sp³-hybridized carbons (Fsp3) is 0.385. The van der Waals surface area contributed by atoms with Crippen LogP contribution in [0.25, 0.3) is 11.9 Å². The van der Waals surface area contributed by atoms with Crippen LogP contribution in [0.3, 0.4) is 0 Å². The van der Waals surface area contributed by atoms with Crippen molar-refractivity contribution in [2.24, 2.45) is 16.6 Å². The lowest BCUT2D eigenvalue weighted by atomic mass is 9.73. The van der Waals surface area contributed by atoms with Crippen molar-refractivity contribution in [1.29, 1.82) is 0 Å². The number of aliphatic imine (C=N–C) groups is 1. The Morgan fingerprint density at radius 3 is 2.62 bits per heavy atom. The Morgan fingerprint density at radius 1 is 1.26 bits per heavy atom. The van der Waals surface area contributed by atoms with Crippen molar-refractivity contribution in [2.45, 2.75) is 44.6 Å². The molecule has 0 aliphatic carbocycles. The van der Waals surface area contributed by atoms with Crippen molar-refractivity contribution in [3.8, 4) is 5.88 Å². The predicted molar refractivity (Wildman–Crippen MR) is 144 cm³/mol. The Morgan fingerprint density at radius 2 is 2.00 bits per heavy atom. The average molecular weight is 558 g/mol. The highest BCUT2D eigenvalue weighted by molar-refractivity contribution is 8.15. The van der Waals surface area contributed by atoms with E-state index in [1.165, 1.54) is 41.6 Å². The third-order valence-electron chi connectivity index (χ3n) is 6.77. The molecule has 0 radical (unpaired) electrons. The van der Waals surface area contributed by atoms with E-state index in [-0.39, 0.29) is 40.7 Å². The molecule has 1 amide bonds. The van der Waals surface area contributed by atoms with Crippen LogP contribution in [-0.2, 0) is 16.9 Å². The molecule has 1 aliphatic rings. The molecule has 3 aromatic rings. The van der Waals surface area contributed by atoms with Crippen LogP contribution in [0.5, 0.6) is 5.88 Å². The molecular weight excluding hydrogens is 528 g/mol. The minimum atomic E-state index is -1.18. The fourth-order valence-corrected chi connectivity index (χ4v) is 5.79. The van der Waals surface area contributed by atoms with Gasteiger partial charge in [-0.05, 0) is 37.6 Å². The molecule has 0 fully saturated rings. The van der Waals surface area contributed by atoms with Gasteiger partial charge in [-0.25, -0.2) is 18.7 Å². The molecule has 2 N–H and O–H groups in total. The van der Waals surface area contributed by atoms with Crippen molar-refractivity contribution < 1.29 is 22.7 Å². The molecule has 4 rings (SSSR count). The van der Waals surface area contributed by atoms with Crippen LogP contribution in [0.4, 0.5) is 8.78 Å². The Balaban J connectivity index is 1.59. The maximum atomic E-state index is 15.2. The number of carbonyl (C=O) groups is 1. The van der Waals surface area contributed by atoms with Crippen LogP contribution in [-0.4, -0.2) is 55.0 Å². The minimum absolute atomic E-state index is 0.00652. The molecular formula is C26H29F2N7O3S. The molecule has 2 aromatic heterocycles. The largest absolute Gasteiger partial charge is 0.466 e. The minimum Gasteiger partial charge on any atom is -0.466 e. The third-order valence-corrected chi connectivity index (χ3v) is 8.03. The number of ether oxygens (including phenoxy) is 1. The lowest BCUT2D eigenvalue weighted by molar-refractivity contribution is -0.132. The lowest BCUT2D eigenvalue weighted by Crippen LogP contribution is -2.56. The van der Waals surface area contributed by atoms with Gasteiger partial charge in [-0.1, -0.05) is 24.8 Å². The zero-order valence-electron chi connectivity index (χ0n) is 22.4. The van der Waals surface area contributed by atoms with E-state index >= 15 is 8.78 Å². The first-order valence-corrected chi connectivity index (χ1v) is 12.8. The second kappa shape index (κ2) is 10.7. The molecule has 0 bridgehead atoms.